The van der Waals surface area contributed by atoms with E-state index in [2.05, 4.69) is 15.6 Å². The van der Waals surface area contributed by atoms with Gasteiger partial charge in [-0.25, -0.2) is 0 Å². The zero-order chi connectivity index (χ0) is 14.8. The quantitative estimate of drug-likeness (QED) is 0.893. The predicted octanol–water partition coefficient (Wildman–Crippen LogP) is 1.50. The third-order valence-corrected chi connectivity index (χ3v) is 3.88. The van der Waals surface area contributed by atoms with Crippen LogP contribution in [-0.4, -0.2) is 37.6 Å². The Labute approximate surface area is 123 Å². The van der Waals surface area contributed by atoms with Gasteiger partial charge in [-0.15, -0.1) is 0 Å². The molecule has 0 saturated carbocycles. The summed E-state index contributed by atoms with van der Waals surface area (Å²) in [6, 6.07) is 7.57. The van der Waals surface area contributed by atoms with Gasteiger partial charge in [0.25, 0.3) is 5.91 Å². The molecule has 21 heavy (non-hydrogen) atoms. The van der Waals surface area contributed by atoms with Crippen molar-refractivity contribution in [3.63, 3.8) is 0 Å². The summed E-state index contributed by atoms with van der Waals surface area (Å²) < 4.78 is 5.20. The van der Waals surface area contributed by atoms with Crippen LogP contribution in [0.1, 0.15) is 16.1 Å². The molecule has 2 heterocycles. The lowest BCUT2D eigenvalue weighted by Gasteiger charge is -2.27. The largest absolute Gasteiger partial charge is 0.497 e. The molecule has 3 rings (SSSR count). The Morgan fingerprint density at radius 1 is 1.43 bits per heavy atom. The number of pyridine rings is 1. The third-order valence-electron chi connectivity index (χ3n) is 3.88. The second-order valence-electron chi connectivity index (χ2n) is 5.41. The summed E-state index contributed by atoms with van der Waals surface area (Å²) in [5.74, 6) is 1.26. The van der Waals surface area contributed by atoms with Gasteiger partial charge in [-0.1, -0.05) is 0 Å². The number of fused-ring (bicyclic) bond motifs is 1. The van der Waals surface area contributed by atoms with Gasteiger partial charge in [0.15, 0.2) is 0 Å². The number of methoxy groups -OCH3 is 1. The summed E-state index contributed by atoms with van der Waals surface area (Å²) in [4.78, 5) is 16.8. The van der Waals surface area contributed by atoms with E-state index >= 15 is 0 Å². The maximum atomic E-state index is 12.3. The maximum Gasteiger partial charge on any atom is 0.253 e. The monoisotopic (exact) mass is 285 g/mol. The minimum atomic E-state index is -0.0513. The highest BCUT2D eigenvalue weighted by molar-refractivity contribution is 5.98. The molecule has 2 N–H and O–H groups in total. The Hall–Kier alpha value is -2.14. The zero-order valence-electron chi connectivity index (χ0n) is 12.3. The van der Waals surface area contributed by atoms with E-state index in [1.165, 1.54) is 0 Å². The number of hydrogen-bond donors (Lipinski definition) is 2. The van der Waals surface area contributed by atoms with E-state index in [-0.39, 0.29) is 5.91 Å². The first-order chi connectivity index (χ1) is 10.2. The van der Waals surface area contributed by atoms with E-state index < -0.39 is 0 Å². The van der Waals surface area contributed by atoms with Crippen LogP contribution in [0.2, 0.25) is 0 Å². The number of nitrogens with one attached hydrogen (secondary N) is 2. The molecule has 5 heteroatoms. The molecule has 0 spiro atoms. The normalized spacial score (nSPS) is 14.8. The summed E-state index contributed by atoms with van der Waals surface area (Å²) in [6.45, 7) is 4.54. The van der Waals surface area contributed by atoms with Gasteiger partial charge in [0, 0.05) is 37.0 Å². The average Bonchev–Trinajstić information content (AvgIpc) is 2.44. The van der Waals surface area contributed by atoms with Crippen molar-refractivity contribution in [2.45, 2.75) is 6.92 Å². The van der Waals surface area contributed by atoms with Crippen molar-refractivity contribution < 1.29 is 9.53 Å². The molecule has 1 amide bonds. The number of carbonyl (C=O) groups is 1. The number of nitrogens with zero attached hydrogens (tertiary/aromatic N) is 1. The van der Waals surface area contributed by atoms with Gasteiger partial charge in [-0.2, -0.15) is 0 Å². The van der Waals surface area contributed by atoms with Crippen LogP contribution in [0.15, 0.2) is 24.3 Å². The Balaban J connectivity index is 1.83. The lowest BCUT2D eigenvalue weighted by molar-refractivity contribution is 0.0941. The SMILES string of the molecule is COc1ccc2cc(C(=O)NCC3CNC3)c(C)nc2c1. The van der Waals surface area contributed by atoms with Gasteiger partial charge in [0.05, 0.1) is 23.9 Å². The first-order valence-electron chi connectivity index (χ1n) is 7.11. The van der Waals surface area contributed by atoms with Gasteiger partial charge in [0.2, 0.25) is 0 Å². The van der Waals surface area contributed by atoms with Gasteiger partial charge in [-0.3, -0.25) is 9.78 Å². The number of amides is 1. The molecule has 1 aliphatic heterocycles. The summed E-state index contributed by atoms with van der Waals surface area (Å²) in [5, 5.41) is 7.12. The Kier molecular flexibility index (Phi) is 3.75. The van der Waals surface area contributed by atoms with E-state index in [1.54, 1.807) is 7.11 Å². The third kappa shape index (κ3) is 2.83. The van der Waals surface area contributed by atoms with Crippen molar-refractivity contribution in [2.24, 2.45) is 5.92 Å². The van der Waals surface area contributed by atoms with Crippen molar-refractivity contribution in [1.29, 1.82) is 0 Å². The highest BCUT2D eigenvalue weighted by atomic mass is 16.5. The molecule has 1 saturated heterocycles. The number of aryl methyl sites for hydroxylation is 1. The smallest absolute Gasteiger partial charge is 0.253 e. The van der Waals surface area contributed by atoms with Crippen LogP contribution in [-0.2, 0) is 0 Å². The molecule has 5 nitrogen and oxygen atoms in total. The van der Waals surface area contributed by atoms with Crippen LogP contribution in [0, 0.1) is 12.8 Å². The highest BCUT2D eigenvalue weighted by Gasteiger charge is 2.18. The topological polar surface area (TPSA) is 63.2 Å². The first-order valence-corrected chi connectivity index (χ1v) is 7.11. The van der Waals surface area contributed by atoms with Crippen LogP contribution in [0.25, 0.3) is 10.9 Å². The zero-order valence-corrected chi connectivity index (χ0v) is 12.3. The van der Waals surface area contributed by atoms with Crippen molar-refractivity contribution in [3.05, 3.63) is 35.5 Å². The fraction of sp³-hybridized carbons (Fsp3) is 0.375. The second-order valence-corrected chi connectivity index (χ2v) is 5.41. The summed E-state index contributed by atoms with van der Waals surface area (Å²) >= 11 is 0. The fourth-order valence-corrected chi connectivity index (χ4v) is 2.43. The fourth-order valence-electron chi connectivity index (χ4n) is 2.43. The summed E-state index contributed by atoms with van der Waals surface area (Å²) in [6.07, 6.45) is 0. The van der Waals surface area contributed by atoms with Crippen molar-refractivity contribution in [1.82, 2.24) is 15.6 Å². The number of benzene rings is 1. The summed E-state index contributed by atoms with van der Waals surface area (Å²) in [5.41, 5.74) is 2.21. The van der Waals surface area contributed by atoms with E-state index in [9.17, 15) is 4.79 Å². The molecule has 1 fully saturated rings. The number of carbonyl (C=O) groups excluding carboxylic acids is 1. The first kappa shape index (κ1) is 13.8. The maximum absolute atomic E-state index is 12.3. The molecule has 0 unspecified atom stereocenters. The minimum Gasteiger partial charge on any atom is -0.497 e. The molecular weight excluding hydrogens is 266 g/mol. The van der Waals surface area contributed by atoms with E-state index in [0.29, 0.717) is 18.0 Å². The molecule has 0 aliphatic carbocycles. The molecule has 0 atom stereocenters. The second kappa shape index (κ2) is 5.69. The molecule has 1 aliphatic rings. The summed E-state index contributed by atoms with van der Waals surface area (Å²) in [7, 11) is 1.63. The predicted molar refractivity (Wildman–Crippen MR) is 81.7 cm³/mol. The van der Waals surface area contributed by atoms with Gasteiger partial charge in [0.1, 0.15) is 5.75 Å². The van der Waals surface area contributed by atoms with Crippen molar-refractivity contribution >= 4 is 16.8 Å². The van der Waals surface area contributed by atoms with Gasteiger partial charge >= 0.3 is 0 Å². The molecule has 1 aromatic heterocycles. The molecule has 0 bridgehead atoms. The molecular formula is C16H19N3O2. The van der Waals surface area contributed by atoms with Crippen molar-refractivity contribution in [2.75, 3.05) is 26.7 Å². The van der Waals surface area contributed by atoms with Gasteiger partial charge < -0.3 is 15.4 Å². The lowest BCUT2D eigenvalue weighted by atomic mass is 10.0. The number of ether oxygens (including phenoxy) is 1. The van der Waals surface area contributed by atoms with Crippen LogP contribution in [0.3, 0.4) is 0 Å². The number of aromatic nitrogens is 1. The lowest BCUT2D eigenvalue weighted by Crippen LogP contribution is -2.48. The highest BCUT2D eigenvalue weighted by Crippen LogP contribution is 2.21. The molecule has 110 valence electrons. The standard InChI is InChI=1S/C16H19N3O2/c1-10-14(16(20)18-9-11-7-17-8-11)5-12-3-4-13(21-2)6-15(12)19-10/h3-6,11,17H,7-9H2,1-2H3,(H,18,20). The van der Waals surface area contributed by atoms with Crippen molar-refractivity contribution in [3.8, 4) is 5.75 Å². The van der Waals surface area contributed by atoms with Crippen LogP contribution in [0.5, 0.6) is 5.75 Å². The van der Waals surface area contributed by atoms with Crippen LogP contribution < -0.4 is 15.4 Å². The Morgan fingerprint density at radius 2 is 2.24 bits per heavy atom. The molecule has 2 aromatic rings. The van der Waals surface area contributed by atoms with E-state index in [0.717, 1.165) is 35.4 Å². The number of rotatable bonds is 4. The van der Waals surface area contributed by atoms with E-state index in [1.807, 2.05) is 31.2 Å². The minimum absolute atomic E-state index is 0.0513. The Bertz CT molecular complexity index is 681. The number of hydrogen-bond acceptors (Lipinski definition) is 4. The van der Waals surface area contributed by atoms with Crippen LogP contribution in [0.4, 0.5) is 0 Å². The van der Waals surface area contributed by atoms with Crippen LogP contribution >= 0.6 is 0 Å². The average molecular weight is 285 g/mol. The molecule has 1 aromatic carbocycles. The van der Waals surface area contributed by atoms with E-state index in [4.69, 9.17) is 4.74 Å². The Morgan fingerprint density at radius 3 is 2.90 bits per heavy atom. The van der Waals surface area contributed by atoms with Gasteiger partial charge in [-0.05, 0) is 25.1 Å². The molecule has 0 radical (unpaired) electrons.